The predicted molar refractivity (Wildman–Crippen MR) is 121 cm³/mol. The summed E-state index contributed by atoms with van der Waals surface area (Å²) in [6.45, 7) is 0. The monoisotopic (exact) mass is 460 g/mol. The Hall–Kier alpha value is -2.32. The summed E-state index contributed by atoms with van der Waals surface area (Å²) >= 11 is 0. The molecule has 2 N–H and O–H groups in total. The number of fused-ring (bicyclic) bond motifs is 1. The van der Waals surface area contributed by atoms with Crippen molar-refractivity contribution < 1.29 is 29.3 Å². The van der Waals surface area contributed by atoms with Gasteiger partial charge in [-0.05, 0) is 37.0 Å². The van der Waals surface area contributed by atoms with Crippen LogP contribution in [0.2, 0.25) is 0 Å². The van der Waals surface area contributed by atoms with Crippen LogP contribution in [0, 0.1) is 0 Å². The third kappa shape index (κ3) is 5.49. The van der Waals surface area contributed by atoms with Crippen LogP contribution in [0.3, 0.4) is 0 Å². The maximum Gasteiger partial charge on any atom is 0.311 e. The fourth-order valence-electron chi connectivity index (χ4n) is 3.74. The zero-order valence-electron chi connectivity index (χ0n) is 16.9. The van der Waals surface area contributed by atoms with Crippen molar-refractivity contribution in [2.45, 2.75) is 49.9 Å². The molecule has 0 bridgehead atoms. The fraction of sp³-hybridized carbons (Fsp3) is 0.391. The van der Waals surface area contributed by atoms with Crippen molar-refractivity contribution in [1.82, 2.24) is 0 Å². The number of carbonyl (C=O) groups excluding carboxylic acids is 2. The van der Waals surface area contributed by atoms with Crippen LogP contribution in [-0.2, 0) is 4.79 Å². The number of benzene rings is 2. The van der Waals surface area contributed by atoms with Gasteiger partial charge in [-0.25, -0.2) is 0 Å². The Morgan fingerprint density at radius 3 is 2.71 bits per heavy atom. The molecular weight excluding hydrogens is 436 g/mol. The molecule has 2 aromatic carbocycles. The molecule has 2 aliphatic rings. The molecule has 6 nitrogen and oxygen atoms in total. The summed E-state index contributed by atoms with van der Waals surface area (Å²) in [6, 6.07) is 9.18. The number of unbranched alkanes of at least 4 members (excludes halogenated alkanes) is 1. The SMILES string of the molecule is O=C(CCCCC1CCSS1)Oc1cc(O)c2c(c1)OC(c1ccc(O)cc1)CC2=O. The number of phenols is 2. The van der Waals surface area contributed by atoms with Crippen LogP contribution in [0.5, 0.6) is 23.0 Å². The Bertz CT molecular complexity index is 953. The summed E-state index contributed by atoms with van der Waals surface area (Å²) in [5, 5.41) is 20.5. The summed E-state index contributed by atoms with van der Waals surface area (Å²) in [5.41, 5.74) is 0.833. The smallest absolute Gasteiger partial charge is 0.311 e. The molecule has 2 unspecified atom stereocenters. The number of carbonyl (C=O) groups is 2. The number of ether oxygens (including phenoxy) is 2. The fourth-order valence-corrected chi connectivity index (χ4v) is 6.76. The van der Waals surface area contributed by atoms with E-state index in [1.165, 1.54) is 36.4 Å². The van der Waals surface area contributed by atoms with Crippen molar-refractivity contribution in [3.63, 3.8) is 0 Å². The van der Waals surface area contributed by atoms with E-state index in [4.69, 9.17) is 9.47 Å². The van der Waals surface area contributed by atoms with Crippen molar-refractivity contribution in [2.75, 3.05) is 5.75 Å². The van der Waals surface area contributed by atoms with E-state index in [2.05, 4.69) is 0 Å². The summed E-state index contributed by atoms with van der Waals surface area (Å²) in [4.78, 5) is 24.8. The molecule has 2 heterocycles. The number of aromatic hydroxyl groups is 2. The minimum atomic E-state index is -0.544. The van der Waals surface area contributed by atoms with E-state index < -0.39 is 6.10 Å². The average Bonchev–Trinajstić information content (AvgIpc) is 3.24. The van der Waals surface area contributed by atoms with Crippen LogP contribution in [0.15, 0.2) is 36.4 Å². The molecule has 0 saturated carbocycles. The molecule has 1 fully saturated rings. The molecule has 0 aromatic heterocycles. The number of Topliss-reactive ketones (excluding diaryl/α,β-unsaturated/α-hetero) is 1. The van der Waals surface area contributed by atoms with Crippen LogP contribution in [0.4, 0.5) is 0 Å². The zero-order chi connectivity index (χ0) is 21.8. The average molecular weight is 461 g/mol. The standard InChI is InChI=1S/C23H24O6S2/c24-15-7-5-14(6-8-15)20-13-19(26)23-18(25)11-16(12-21(23)29-20)28-22(27)4-2-1-3-17-9-10-30-31-17/h5-8,11-12,17,20,24-25H,1-4,9-10,13H2. The van der Waals surface area contributed by atoms with Gasteiger partial charge in [-0.1, -0.05) is 40.1 Å². The van der Waals surface area contributed by atoms with Gasteiger partial charge in [0.05, 0.1) is 6.42 Å². The van der Waals surface area contributed by atoms with Gasteiger partial charge in [0.2, 0.25) is 0 Å². The van der Waals surface area contributed by atoms with Crippen molar-refractivity contribution in [3.05, 3.63) is 47.5 Å². The lowest BCUT2D eigenvalue weighted by Crippen LogP contribution is -2.20. The van der Waals surface area contributed by atoms with E-state index >= 15 is 0 Å². The third-order valence-electron chi connectivity index (χ3n) is 5.35. The molecule has 2 aliphatic heterocycles. The molecule has 1 saturated heterocycles. The Kier molecular flexibility index (Phi) is 6.97. The van der Waals surface area contributed by atoms with Crippen molar-refractivity contribution in [3.8, 4) is 23.0 Å². The Morgan fingerprint density at radius 2 is 1.97 bits per heavy atom. The minimum Gasteiger partial charge on any atom is -0.508 e. The lowest BCUT2D eigenvalue weighted by molar-refractivity contribution is -0.134. The normalized spacial score (nSPS) is 20.2. The van der Waals surface area contributed by atoms with Crippen molar-refractivity contribution in [2.24, 2.45) is 0 Å². The number of rotatable bonds is 7. The number of phenolic OH excluding ortho intramolecular Hbond substituents is 2. The number of ketones is 1. The van der Waals surface area contributed by atoms with Gasteiger partial charge in [0.25, 0.3) is 0 Å². The summed E-state index contributed by atoms with van der Waals surface area (Å²) in [5.74, 6) is 0.792. The van der Waals surface area contributed by atoms with Crippen LogP contribution in [-0.4, -0.2) is 33.0 Å². The molecule has 4 rings (SSSR count). The van der Waals surface area contributed by atoms with E-state index in [0.717, 1.165) is 24.8 Å². The van der Waals surface area contributed by atoms with Gasteiger partial charge in [0.1, 0.15) is 34.7 Å². The van der Waals surface area contributed by atoms with Gasteiger partial charge in [-0.3, -0.25) is 9.59 Å². The molecule has 2 atom stereocenters. The largest absolute Gasteiger partial charge is 0.508 e. The number of esters is 1. The summed E-state index contributed by atoms with van der Waals surface area (Å²) in [6.07, 6.45) is 3.92. The van der Waals surface area contributed by atoms with Crippen molar-refractivity contribution in [1.29, 1.82) is 0 Å². The van der Waals surface area contributed by atoms with E-state index in [1.807, 2.05) is 21.6 Å². The van der Waals surface area contributed by atoms with Crippen LogP contribution < -0.4 is 9.47 Å². The molecule has 2 aromatic rings. The van der Waals surface area contributed by atoms with Crippen LogP contribution in [0.1, 0.15) is 60.6 Å². The molecule has 0 radical (unpaired) electrons. The highest BCUT2D eigenvalue weighted by atomic mass is 33.1. The molecule has 8 heteroatoms. The van der Waals surface area contributed by atoms with Gasteiger partial charge in [0, 0.05) is 29.6 Å². The summed E-state index contributed by atoms with van der Waals surface area (Å²) in [7, 11) is 3.85. The lowest BCUT2D eigenvalue weighted by Gasteiger charge is -2.26. The van der Waals surface area contributed by atoms with E-state index in [-0.39, 0.29) is 46.7 Å². The molecular formula is C23H24O6S2. The molecule has 0 spiro atoms. The Labute approximate surface area is 188 Å². The zero-order valence-corrected chi connectivity index (χ0v) is 18.5. The Balaban J connectivity index is 1.38. The highest BCUT2D eigenvalue weighted by Crippen LogP contribution is 2.42. The predicted octanol–water partition coefficient (Wildman–Crippen LogP) is 5.42. The lowest BCUT2D eigenvalue weighted by atomic mass is 9.95. The second-order valence-corrected chi connectivity index (χ2v) is 10.5. The minimum absolute atomic E-state index is 0.0717. The highest BCUT2D eigenvalue weighted by Gasteiger charge is 2.31. The first kappa shape index (κ1) is 21.9. The van der Waals surface area contributed by atoms with E-state index in [0.29, 0.717) is 11.7 Å². The van der Waals surface area contributed by atoms with Crippen LogP contribution >= 0.6 is 21.6 Å². The number of hydrogen-bond acceptors (Lipinski definition) is 8. The second kappa shape index (κ2) is 9.87. The second-order valence-electron chi connectivity index (χ2n) is 7.69. The quantitative estimate of drug-likeness (QED) is 0.245. The van der Waals surface area contributed by atoms with E-state index in [1.54, 1.807) is 12.1 Å². The first-order valence-corrected chi connectivity index (χ1v) is 12.7. The van der Waals surface area contributed by atoms with Gasteiger partial charge in [-0.2, -0.15) is 0 Å². The third-order valence-corrected chi connectivity index (χ3v) is 8.36. The number of hydrogen-bond donors (Lipinski definition) is 2. The molecule has 0 amide bonds. The Morgan fingerprint density at radius 1 is 1.16 bits per heavy atom. The summed E-state index contributed by atoms with van der Waals surface area (Å²) < 4.78 is 11.3. The topological polar surface area (TPSA) is 93.1 Å². The van der Waals surface area contributed by atoms with Gasteiger partial charge in [0.15, 0.2) is 5.78 Å². The maximum atomic E-state index is 12.6. The van der Waals surface area contributed by atoms with Gasteiger partial charge >= 0.3 is 5.97 Å². The first-order valence-electron chi connectivity index (χ1n) is 10.3. The molecule has 0 aliphatic carbocycles. The van der Waals surface area contributed by atoms with Crippen LogP contribution in [0.25, 0.3) is 0 Å². The van der Waals surface area contributed by atoms with Gasteiger partial charge < -0.3 is 19.7 Å². The maximum absolute atomic E-state index is 12.6. The highest BCUT2D eigenvalue weighted by molar-refractivity contribution is 8.77. The van der Waals surface area contributed by atoms with Gasteiger partial charge in [-0.15, -0.1) is 0 Å². The first-order chi connectivity index (χ1) is 15.0. The van der Waals surface area contributed by atoms with Crippen molar-refractivity contribution >= 4 is 33.3 Å². The molecule has 31 heavy (non-hydrogen) atoms. The van der Waals surface area contributed by atoms with E-state index in [9.17, 15) is 19.8 Å². The molecule has 164 valence electrons.